The first-order valence-electron chi connectivity index (χ1n) is 6.28. The predicted molar refractivity (Wildman–Crippen MR) is 69.8 cm³/mol. The van der Waals surface area contributed by atoms with Crippen LogP contribution in [-0.2, 0) is 6.42 Å². The molecule has 1 aliphatic rings. The van der Waals surface area contributed by atoms with Gasteiger partial charge in [0, 0.05) is 30.9 Å². The Morgan fingerprint density at radius 2 is 1.84 bits per heavy atom. The summed E-state index contributed by atoms with van der Waals surface area (Å²) < 4.78 is 37.4. The Balaban J connectivity index is 1.83. The average molecular weight is 270 g/mol. The van der Waals surface area contributed by atoms with Crippen molar-refractivity contribution < 1.29 is 13.2 Å². The van der Waals surface area contributed by atoms with Gasteiger partial charge in [0.2, 0.25) is 0 Å². The van der Waals surface area contributed by atoms with E-state index in [1.54, 1.807) is 0 Å². The molecule has 104 valence electrons. The number of alkyl halides is 3. The Labute approximate surface area is 110 Å². The quantitative estimate of drug-likeness (QED) is 0.676. The summed E-state index contributed by atoms with van der Waals surface area (Å²) in [6.07, 6.45) is -1.95. The second kappa shape index (κ2) is 5.65. The molecule has 0 saturated carbocycles. The summed E-state index contributed by atoms with van der Waals surface area (Å²) in [5, 5.41) is 0. The zero-order valence-corrected chi connectivity index (χ0v) is 10.6. The molecule has 1 aromatic carbocycles. The monoisotopic (exact) mass is 270 g/mol. The maximum Gasteiger partial charge on any atom is 0.412 e. The third kappa shape index (κ3) is 3.99. The number of anilines is 1. The van der Waals surface area contributed by atoms with E-state index in [0.717, 1.165) is 24.2 Å². The molecule has 1 heterocycles. The van der Waals surface area contributed by atoms with Gasteiger partial charge < -0.3 is 5.73 Å². The minimum Gasteiger partial charge on any atom is -0.399 e. The Morgan fingerprint density at radius 1 is 1.16 bits per heavy atom. The van der Waals surface area contributed by atoms with Crippen molar-refractivity contribution >= 4 is 5.69 Å². The highest BCUT2D eigenvalue weighted by Gasteiger charge is 2.34. The number of rotatable bonds is 3. The van der Waals surface area contributed by atoms with Crippen molar-refractivity contribution in [2.45, 2.75) is 19.0 Å². The Kier molecular flexibility index (Phi) is 4.14. The summed E-state index contributed by atoms with van der Waals surface area (Å²) in [6.45, 7) is 1.62. The molecule has 0 spiro atoms. The number of halogens is 3. The van der Waals surface area contributed by atoms with Crippen molar-refractivity contribution in [1.29, 1.82) is 0 Å². The van der Waals surface area contributed by atoms with Gasteiger partial charge in [-0.25, -0.2) is 0 Å². The molecule has 0 unspecified atom stereocenters. The summed E-state index contributed by atoms with van der Waals surface area (Å²) in [5.74, 6) is 0. The van der Waals surface area contributed by atoms with Crippen molar-refractivity contribution in [2.75, 3.05) is 25.4 Å². The first-order valence-corrected chi connectivity index (χ1v) is 6.28. The van der Waals surface area contributed by atoms with Gasteiger partial charge in [-0.1, -0.05) is 18.2 Å². The third-order valence-electron chi connectivity index (χ3n) is 3.35. The number of benzene rings is 1. The summed E-state index contributed by atoms with van der Waals surface area (Å²) in [5.41, 5.74) is 7.08. The van der Waals surface area contributed by atoms with Gasteiger partial charge in [-0.3, -0.25) is 4.90 Å². The van der Waals surface area contributed by atoms with Gasteiger partial charge >= 0.3 is 6.18 Å². The summed E-state index contributed by atoms with van der Waals surface area (Å²) in [7, 11) is 0. The van der Waals surface area contributed by atoms with Crippen LogP contribution in [0.2, 0.25) is 0 Å². The maximum absolute atomic E-state index is 12.5. The average Bonchev–Trinajstić information content (AvgIpc) is 2.37. The molecule has 0 aromatic heterocycles. The van der Waals surface area contributed by atoms with E-state index in [0.29, 0.717) is 13.1 Å². The van der Waals surface area contributed by atoms with E-state index < -0.39 is 11.7 Å². The summed E-state index contributed by atoms with van der Waals surface area (Å²) >= 11 is 0. The zero-order valence-electron chi connectivity index (χ0n) is 10.6. The van der Waals surface area contributed by atoms with Gasteiger partial charge in [0.25, 0.3) is 0 Å². The van der Waals surface area contributed by atoms with Crippen LogP contribution in [0.5, 0.6) is 0 Å². The lowest BCUT2D eigenvalue weighted by Crippen LogP contribution is -2.33. The van der Waals surface area contributed by atoms with Crippen molar-refractivity contribution in [2.24, 2.45) is 0 Å². The van der Waals surface area contributed by atoms with Crippen molar-refractivity contribution in [3.8, 4) is 0 Å². The van der Waals surface area contributed by atoms with Gasteiger partial charge in [0.1, 0.15) is 0 Å². The first kappa shape index (κ1) is 13.9. The molecule has 0 aliphatic carbocycles. The van der Waals surface area contributed by atoms with E-state index in [4.69, 9.17) is 5.73 Å². The number of nitrogen functional groups attached to an aromatic ring is 1. The van der Waals surface area contributed by atoms with E-state index in [9.17, 15) is 13.2 Å². The van der Waals surface area contributed by atoms with Crippen LogP contribution in [0, 0.1) is 0 Å². The fourth-order valence-corrected chi connectivity index (χ4v) is 2.14. The molecule has 2 N–H and O–H groups in total. The third-order valence-corrected chi connectivity index (χ3v) is 3.35. The number of hydrogen-bond acceptors (Lipinski definition) is 2. The van der Waals surface area contributed by atoms with Gasteiger partial charge in [0.05, 0.1) is 0 Å². The molecular weight excluding hydrogens is 253 g/mol. The van der Waals surface area contributed by atoms with Crippen LogP contribution in [0.15, 0.2) is 35.9 Å². The standard InChI is InChI=1S/C14H17F3N2/c15-14(16,17)12-6-9-19(10-7-12)8-5-11-1-3-13(18)4-2-11/h1-4,6H,5,7-10,18H2. The molecule has 0 atom stereocenters. The van der Waals surface area contributed by atoms with Gasteiger partial charge in [-0.15, -0.1) is 0 Å². The molecule has 19 heavy (non-hydrogen) atoms. The SMILES string of the molecule is Nc1ccc(CCN2CC=C(C(F)(F)F)CC2)cc1. The lowest BCUT2D eigenvalue weighted by Gasteiger charge is -2.27. The Morgan fingerprint density at radius 3 is 2.37 bits per heavy atom. The van der Waals surface area contributed by atoms with Gasteiger partial charge in [-0.05, 0) is 30.5 Å². The Hall–Kier alpha value is -1.49. The Bertz CT molecular complexity index is 449. The second-order valence-corrected chi connectivity index (χ2v) is 4.77. The molecular formula is C14H17F3N2. The predicted octanol–water partition coefficient (Wildman–Crippen LogP) is 3.01. The summed E-state index contributed by atoms with van der Waals surface area (Å²) in [6, 6.07) is 7.59. The lowest BCUT2D eigenvalue weighted by molar-refractivity contribution is -0.0959. The highest BCUT2D eigenvalue weighted by atomic mass is 19.4. The highest BCUT2D eigenvalue weighted by molar-refractivity contribution is 5.39. The number of hydrogen-bond donors (Lipinski definition) is 1. The molecule has 1 aromatic rings. The van der Waals surface area contributed by atoms with Crippen LogP contribution in [0.3, 0.4) is 0 Å². The van der Waals surface area contributed by atoms with E-state index in [2.05, 4.69) is 0 Å². The van der Waals surface area contributed by atoms with Gasteiger partial charge in [-0.2, -0.15) is 13.2 Å². The smallest absolute Gasteiger partial charge is 0.399 e. The largest absolute Gasteiger partial charge is 0.412 e. The van der Waals surface area contributed by atoms with Gasteiger partial charge in [0.15, 0.2) is 0 Å². The number of nitrogens with zero attached hydrogens (tertiary/aromatic N) is 1. The van der Waals surface area contributed by atoms with Crippen LogP contribution in [0.1, 0.15) is 12.0 Å². The molecule has 2 rings (SSSR count). The highest BCUT2D eigenvalue weighted by Crippen LogP contribution is 2.30. The lowest BCUT2D eigenvalue weighted by atomic mass is 10.1. The molecule has 0 bridgehead atoms. The van der Waals surface area contributed by atoms with E-state index in [1.807, 2.05) is 29.2 Å². The van der Waals surface area contributed by atoms with Crippen LogP contribution in [0.4, 0.5) is 18.9 Å². The summed E-state index contributed by atoms with van der Waals surface area (Å²) in [4.78, 5) is 2.03. The molecule has 1 aliphatic heterocycles. The minimum absolute atomic E-state index is 0.0885. The minimum atomic E-state index is -4.16. The van der Waals surface area contributed by atoms with E-state index >= 15 is 0 Å². The van der Waals surface area contributed by atoms with Crippen molar-refractivity contribution in [1.82, 2.24) is 4.90 Å². The molecule has 0 saturated heterocycles. The molecule has 5 heteroatoms. The molecule has 0 fully saturated rings. The molecule has 0 amide bonds. The maximum atomic E-state index is 12.5. The normalized spacial score (nSPS) is 17.3. The number of nitrogens with two attached hydrogens (primary N) is 1. The van der Waals surface area contributed by atoms with E-state index in [1.165, 1.54) is 6.08 Å². The van der Waals surface area contributed by atoms with Crippen LogP contribution in [0.25, 0.3) is 0 Å². The first-order chi connectivity index (χ1) is 8.95. The van der Waals surface area contributed by atoms with E-state index in [-0.39, 0.29) is 6.42 Å². The zero-order chi connectivity index (χ0) is 13.9. The van der Waals surface area contributed by atoms with Crippen molar-refractivity contribution in [3.05, 3.63) is 41.5 Å². The fraction of sp³-hybridized carbons (Fsp3) is 0.429. The van der Waals surface area contributed by atoms with Crippen LogP contribution in [-0.4, -0.2) is 30.7 Å². The van der Waals surface area contributed by atoms with Crippen LogP contribution < -0.4 is 5.73 Å². The van der Waals surface area contributed by atoms with Crippen LogP contribution >= 0.6 is 0 Å². The topological polar surface area (TPSA) is 29.3 Å². The molecule has 2 nitrogen and oxygen atoms in total. The molecule has 0 radical (unpaired) electrons. The second-order valence-electron chi connectivity index (χ2n) is 4.77. The van der Waals surface area contributed by atoms with Crippen molar-refractivity contribution in [3.63, 3.8) is 0 Å². The fourth-order valence-electron chi connectivity index (χ4n) is 2.14.